The van der Waals surface area contributed by atoms with E-state index in [4.69, 9.17) is 9.63 Å². The van der Waals surface area contributed by atoms with Crippen LogP contribution in [0.5, 0.6) is 0 Å². The number of nitrogens with one attached hydrogen (secondary N) is 2. The van der Waals surface area contributed by atoms with E-state index in [1.807, 2.05) is 26.0 Å². The molecule has 0 aliphatic heterocycles. The van der Waals surface area contributed by atoms with E-state index in [-0.39, 0.29) is 13.0 Å². The molecule has 0 unspecified atom stereocenters. The van der Waals surface area contributed by atoms with Gasteiger partial charge in [-0.2, -0.15) is 0 Å². The van der Waals surface area contributed by atoms with E-state index in [0.29, 0.717) is 11.3 Å². The maximum atomic E-state index is 11.9. The molecule has 2 rings (SSSR count). The summed E-state index contributed by atoms with van der Waals surface area (Å²) in [4.78, 5) is 33.5. The quantitative estimate of drug-likeness (QED) is 0.704. The molecule has 3 N–H and O–H groups in total. The van der Waals surface area contributed by atoms with Crippen LogP contribution in [0.3, 0.4) is 0 Å². The number of aromatic nitrogens is 1. The van der Waals surface area contributed by atoms with Crippen molar-refractivity contribution in [1.82, 2.24) is 15.8 Å². The first-order valence-corrected chi connectivity index (χ1v) is 6.97. The summed E-state index contributed by atoms with van der Waals surface area (Å²) in [5, 5.41) is 17.6. The number of amides is 2. The van der Waals surface area contributed by atoms with Gasteiger partial charge in [0.2, 0.25) is 11.8 Å². The average Bonchev–Trinajstić information content (AvgIpc) is 2.85. The summed E-state index contributed by atoms with van der Waals surface area (Å²) in [6.07, 6.45) is -0.0261. The minimum Gasteiger partial charge on any atom is -0.480 e. The summed E-state index contributed by atoms with van der Waals surface area (Å²) in [6.45, 7) is 3.14. The number of nitrogens with zero attached hydrogens (tertiary/aromatic N) is 1. The van der Waals surface area contributed by atoms with E-state index in [2.05, 4.69) is 15.8 Å². The summed E-state index contributed by atoms with van der Waals surface area (Å²) >= 11 is 0. The van der Waals surface area contributed by atoms with Crippen LogP contribution in [0.2, 0.25) is 0 Å². The smallest absolute Gasteiger partial charge is 0.322 e. The number of rotatable bonds is 6. The normalized spacial score (nSPS) is 10.5. The number of carbonyl (C=O) groups is 3. The Bertz CT molecular complexity index is 766. The van der Waals surface area contributed by atoms with Crippen molar-refractivity contribution in [3.63, 3.8) is 0 Å². The fourth-order valence-corrected chi connectivity index (χ4v) is 2.00. The second-order valence-electron chi connectivity index (χ2n) is 5.19. The van der Waals surface area contributed by atoms with Crippen LogP contribution in [0, 0.1) is 13.8 Å². The van der Waals surface area contributed by atoms with Gasteiger partial charge in [-0.25, -0.2) is 0 Å². The molecule has 2 amide bonds. The van der Waals surface area contributed by atoms with Crippen LogP contribution in [-0.2, 0) is 20.8 Å². The first kappa shape index (κ1) is 16.5. The molecule has 1 aromatic carbocycles. The molecule has 8 nitrogen and oxygen atoms in total. The SMILES string of the molecule is Cc1cc2onc(CC(=O)NCC(=O)NCC(=O)O)c2cc1C. The molecule has 0 aliphatic carbocycles. The molecule has 1 aromatic heterocycles. The molecule has 23 heavy (non-hydrogen) atoms. The lowest BCUT2D eigenvalue weighted by molar-refractivity contribution is -0.137. The first-order valence-electron chi connectivity index (χ1n) is 6.97. The predicted molar refractivity (Wildman–Crippen MR) is 80.8 cm³/mol. The van der Waals surface area contributed by atoms with Crippen LogP contribution in [0.4, 0.5) is 0 Å². The zero-order chi connectivity index (χ0) is 17.0. The third kappa shape index (κ3) is 4.29. The number of fused-ring (bicyclic) bond motifs is 1. The van der Waals surface area contributed by atoms with Gasteiger partial charge in [-0.3, -0.25) is 14.4 Å². The van der Waals surface area contributed by atoms with Gasteiger partial charge in [0.25, 0.3) is 0 Å². The van der Waals surface area contributed by atoms with Crippen LogP contribution in [0.15, 0.2) is 16.7 Å². The number of aryl methyl sites for hydroxylation is 2. The Morgan fingerprint density at radius 3 is 2.43 bits per heavy atom. The van der Waals surface area contributed by atoms with Crippen molar-refractivity contribution >= 4 is 28.8 Å². The van der Waals surface area contributed by atoms with Crippen molar-refractivity contribution in [3.05, 3.63) is 29.0 Å². The predicted octanol–water partition coefficient (Wildman–Crippen LogP) is 0.304. The molecule has 0 spiro atoms. The lowest BCUT2D eigenvalue weighted by Gasteiger charge is -2.04. The maximum Gasteiger partial charge on any atom is 0.322 e. The Balaban J connectivity index is 1.94. The summed E-state index contributed by atoms with van der Waals surface area (Å²) in [5.74, 6) is -2.12. The van der Waals surface area contributed by atoms with Gasteiger partial charge in [0.05, 0.1) is 13.0 Å². The van der Waals surface area contributed by atoms with Crippen LogP contribution in [0.1, 0.15) is 16.8 Å². The number of carboxylic acid groups (broad SMARTS) is 1. The van der Waals surface area contributed by atoms with E-state index < -0.39 is 24.3 Å². The average molecular weight is 319 g/mol. The molecule has 8 heteroatoms. The second-order valence-corrected chi connectivity index (χ2v) is 5.19. The maximum absolute atomic E-state index is 11.9. The summed E-state index contributed by atoms with van der Waals surface area (Å²) < 4.78 is 5.20. The standard InChI is InChI=1S/C15H17N3O5/c1-8-3-10-11(18-23-12(10)4-9(8)2)5-13(19)16-6-14(20)17-7-15(21)22/h3-4H,5-7H2,1-2H3,(H,16,19)(H,17,20)(H,21,22). The molecule has 0 aliphatic rings. The van der Waals surface area contributed by atoms with Crippen molar-refractivity contribution in [3.8, 4) is 0 Å². The number of carboxylic acids is 1. The molecular formula is C15H17N3O5. The van der Waals surface area contributed by atoms with Gasteiger partial charge in [0.1, 0.15) is 12.2 Å². The zero-order valence-corrected chi connectivity index (χ0v) is 12.8. The molecule has 0 radical (unpaired) electrons. The Morgan fingerprint density at radius 1 is 1.09 bits per heavy atom. The Hall–Kier alpha value is -2.90. The Labute approximate surface area is 131 Å². The van der Waals surface area contributed by atoms with Gasteiger partial charge in [0.15, 0.2) is 5.58 Å². The van der Waals surface area contributed by atoms with Crippen LogP contribution < -0.4 is 10.6 Å². The van der Waals surface area contributed by atoms with Crippen LogP contribution in [-0.4, -0.2) is 41.1 Å². The molecule has 1 heterocycles. The van der Waals surface area contributed by atoms with Crippen molar-refractivity contribution in [1.29, 1.82) is 0 Å². The minimum atomic E-state index is -1.15. The molecule has 0 bridgehead atoms. The molecule has 122 valence electrons. The Kier molecular flexibility index (Phi) is 4.95. The third-order valence-electron chi connectivity index (χ3n) is 3.37. The first-order chi connectivity index (χ1) is 10.9. The molecule has 0 fully saturated rings. The van der Waals surface area contributed by atoms with Crippen LogP contribution in [0.25, 0.3) is 11.0 Å². The van der Waals surface area contributed by atoms with Crippen LogP contribution >= 0.6 is 0 Å². The van der Waals surface area contributed by atoms with Crippen molar-refractivity contribution in [2.24, 2.45) is 0 Å². The van der Waals surface area contributed by atoms with Gasteiger partial charge >= 0.3 is 5.97 Å². The Morgan fingerprint density at radius 2 is 1.74 bits per heavy atom. The van der Waals surface area contributed by atoms with Gasteiger partial charge in [-0.1, -0.05) is 5.16 Å². The zero-order valence-electron chi connectivity index (χ0n) is 12.8. The molecular weight excluding hydrogens is 302 g/mol. The molecule has 2 aromatic rings. The summed E-state index contributed by atoms with van der Waals surface area (Å²) in [7, 11) is 0. The monoisotopic (exact) mass is 319 g/mol. The van der Waals surface area contributed by atoms with Gasteiger partial charge < -0.3 is 20.3 Å². The van der Waals surface area contributed by atoms with E-state index in [1.165, 1.54) is 0 Å². The van der Waals surface area contributed by atoms with E-state index in [1.54, 1.807) is 0 Å². The fourth-order valence-electron chi connectivity index (χ4n) is 2.00. The number of hydrogen-bond acceptors (Lipinski definition) is 5. The molecule has 0 atom stereocenters. The number of hydrogen-bond donors (Lipinski definition) is 3. The fraction of sp³-hybridized carbons (Fsp3) is 0.333. The summed E-state index contributed by atoms with van der Waals surface area (Å²) in [6, 6.07) is 3.77. The molecule has 0 saturated heterocycles. The van der Waals surface area contributed by atoms with E-state index in [0.717, 1.165) is 16.5 Å². The van der Waals surface area contributed by atoms with Crippen molar-refractivity contribution < 1.29 is 24.0 Å². The highest BCUT2D eigenvalue weighted by Crippen LogP contribution is 2.22. The number of benzene rings is 1. The number of carbonyl (C=O) groups excluding carboxylic acids is 2. The highest BCUT2D eigenvalue weighted by molar-refractivity contribution is 5.90. The number of aliphatic carboxylic acids is 1. The van der Waals surface area contributed by atoms with Gasteiger partial charge in [-0.05, 0) is 37.1 Å². The van der Waals surface area contributed by atoms with E-state index >= 15 is 0 Å². The van der Waals surface area contributed by atoms with Crippen molar-refractivity contribution in [2.45, 2.75) is 20.3 Å². The van der Waals surface area contributed by atoms with Gasteiger partial charge in [0, 0.05) is 5.39 Å². The third-order valence-corrected chi connectivity index (χ3v) is 3.37. The molecule has 0 saturated carbocycles. The topological polar surface area (TPSA) is 122 Å². The highest BCUT2D eigenvalue weighted by Gasteiger charge is 2.14. The van der Waals surface area contributed by atoms with E-state index in [9.17, 15) is 14.4 Å². The lowest BCUT2D eigenvalue weighted by Crippen LogP contribution is -2.39. The van der Waals surface area contributed by atoms with Crippen molar-refractivity contribution in [2.75, 3.05) is 13.1 Å². The van der Waals surface area contributed by atoms with Gasteiger partial charge in [-0.15, -0.1) is 0 Å². The largest absolute Gasteiger partial charge is 0.480 e. The highest BCUT2D eigenvalue weighted by atomic mass is 16.5. The second kappa shape index (κ2) is 6.91. The minimum absolute atomic E-state index is 0.0261. The lowest BCUT2D eigenvalue weighted by atomic mass is 10.1. The summed E-state index contributed by atoms with van der Waals surface area (Å²) in [5.41, 5.74) is 3.23.